The molecule has 0 saturated carbocycles. The van der Waals surface area contributed by atoms with E-state index in [9.17, 15) is 4.39 Å². The number of hydrogen-bond acceptors (Lipinski definition) is 4. The number of amidine groups is 1. The van der Waals surface area contributed by atoms with Crippen molar-refractivity contribution in [1.82, 2.24) is 14.5 Å². The van der Waals surface area contributed by atoms with Crippen LogP contribution in [0.3, 0.4) is 0 Å². The third kappa shape index (κ3) is 5.94. The quantitative estimate of drug-likeness (QED) is 0.226. The number of fused-ring (bicyclic) bond motifs is 1. The summed E-state index contributed by atoms with van der Waals surface area (Å²) in [6, 6.07) is 14.3. The van der Waals surface area contributed by atoms with E-state index < -0.39 is 0 Å². The lowest BCUT2D eigenvalue weighted by Crippen LogP contribution is -2.04. The Morgan fingerprint density at radius 1 is 1.08 bits per heavy atom. The van der Waals surface area contributed by atoms with Crippen LogP contribution in [0, 0.1) is 12.7 Å². The van der Waals surface area contributed by atoms with Crippen molar-refractivity contribution < 1.29 is 4.39 Å². The maximum Gasteiger partial charge on any atom is 0.158 e. The normalized spacial score (nSPS) is 11.8. The summed E-state index contributed by atoms with van der Waals surface area (Å²) in [7, 11) is 1.96. The molecular formula is C28H34FN7. The first kappa shape index (κ1) is 26.5. The fourth-order valence-corrected chi connectivity index (χ4v) is 3.64. The Hall–Kier alpha value is -4.07. The SMILES string of the molecule is CC.CC(N)=NC=Nc1ccc(Nc2nc(C(C)C)cc3c2nc(-c2ccc(F)cc2)n3C)cc1C. The van der Waals surface area contributed by atoms with Gasteiger partial charge in [-0.1, -0.05) is 27.7 Å². The largest absolute Gasteiger partial charge is 0.387 e. The van der Waals surface area contributed by atoms with Crippen molar-refractivity contribution >= 4 is 40.4 Å². The summed E-state index contributed by atoms with van der Waals surface area (Å²) < 4.78 is 15.5. The molecule has 0 aliphatic heterocycles. The van der Waals surface area contributed by atoms with Crippen molar-refractivity contribution in [1.29, 1.82) is 0 Å². The lowest BCUT2D eigenvalue weighted by molar-refractivity contribution is 0.628. The number of benzene rings is 2. The van der Waals surface area contributed by atoms with Gasteiger partial charge in [-0.15, -0.1) is 0 Å². The van der Waals surface area contributed by atoms with Crippen molar-refractivity contribution in [2.45, 2.75) is 47.5 Å². The standard InChI is InChI=1S/C26H28FN7.C2H6/c1-15(2)22-13-23-24(33-26(34(23)5)18-6-8-19(27)9-7-18)25(32-22)31-20-10-11-21(16(3)12-20)30-14-29-17(4)28;1-2/h6-15H,1-5H3,(H,31,32)(H2,28,29,30);1-2H3. The molecule has 4 aromatic rings. The van der Waals surface area contributed by atoms with Crippen LogP contribution in [0.25, 0.3) is 22.4 Å². The fourth-order valence-electron chi connectivity index (χ4n) is 3.64. The maximum absolute atomic E-state index is 13.5. The molecule has 0 unspecified atom stereocenters. The second-order valence-corrected chi connectivity index (χ2v) is 8.56. The van der Waals surface area contributed by atoms with E-state index in [2.05, 4.69) is 35.2 Å². The summed E-state index contributed by atoms with van der Waals surface area (Å²) in [6.07, 6.45) is 1.45. The summed E-state index contributed by atoms with van der Waals surface area (Å²) in [5.74, 6) is 1.83. The van der Waals surface area contributed by atoms with Crippen LogP contribution in [-0.2, 0) is 7.05 Å². The average molecular weight is 488 g/mol. The number of nitrogens with one attached hydrogen (secondary N) is 1. The van der Waals surface area contributed by atoms with E-state index in [-0.39, 0.29) is 11.7 Å². The number of anilines is 2. The van der Waals surface area contributed by atoms with Gasteiger partial charge in [0, 0.05) is 24.0 Å². The van der Waals surface area contributed by atoms with Crippen LogP contribution in [-0.4, -0.2) is 26.7 Å². The molecule has 3 N–H and O–H groups in total. The van der Waals surface area contributed by atoms with E-state index in [1.54, 1.807) is 19.1 Å². The topological polar surface area (TPSA) is 93.5 Å². The highest BCUT2D eigenvalue weighted by Crippen LogP contribution is 2.32. The Balaban J connectivity index is 0.00000176. The van der Waals surface area contributed by atoms with Crippen LogP contribution in [0.1, 0.15) is 51.8 Å². The highest BCUT2D eigenvalue weighted by Gasteiger charge is 2.17. The second-order valence-electron chi connectivity index (χ2n) is 8.56. The minimum Gasteiger partial charge on any atom is -0.387 e. The lowest BCUT2D eigenvalue weighted by Gasteiger charge is -2.12. The Bertz CT molecular complexity index is 1400. The Morgan fingerprint density at radius 3 is 2.39 bits per heavy atom. The van der Waals surface area contributed by atoms with E-state index in [4.69, 9.17) is 15.7 Å². The number of aryl methyl sites for hydroxylation is 2. The molecule has 188 valence electrons. The third-order valence-electron chi connectivity index (χ3n) is 5.50. The molecule has 4 rings (SSSR count). The van der Waals surface area contributed by atoms with Gasteiger partial charge in [0.15, 0.2) is 5.82 Å². The lowest BCUT2D eigenvalue weighted by atomic mass is 10.1. The number of nitrogens with two attached hydrogens (primary N) is 1. The highest BCUT2D eigenvalue weighted by molar-refractivity contribution is 5.91. The van der Waals surface area contributed by atoms with Crippen LogP contribution >= 0.6 is 0 Å². The van der Waals surface area contributed by atoms with Gasteiger partial charge in [0.25, 0.3) is 0 Å². The van der Waals surface area contributed by atoms with Crippen LogP contribution in [0.4, 0.5) is 21.6 Å². The molecule has 0 bridgehead atoms. The molecule has 0 aliphatic carbocycles. The van der Waals surface area contributed by atoms with Crippen molar-refractivity contribution in [3.05, 3.63) is 65.6 Å². The first-order chi connectivity index (χ1) is 17.2. The van der Waals surface area contributed by atoms with Gasteiger partial charge in [-0.25, -0.2) is 24.3 Å². The van der Waals surface area contributed by atoms with Gasteiger partial charge in [-0.2, -0.15) is 0 Å². The molecule has 0 amide bonds. The van der Waals surface area contributed by atoms with Crippen molar-refractivity contribution in [2.75, 3.05) is 5.32 Å². The van der Waals surface area contributed by atoms with Crippen LogP contribution in [0.15, 0.2) is 58.5 Å². The smallest absolute Gasteiger partial charge is 0.158 e. The summed E-state index contributed by atoms with van der Waals surface area (Å²) in [5, 5.41) is 3.44. The van der Waals surface area contributed by atoms with Gasteiger partial charge in [0.05, 0.1) is 17.0 Å². The minimum atomic E-state index is -0.276. The van der Waals surface area contributed by atoms with E-state index in [1.165, 1.54) is 18.5 Å². The summed E-state index contributed by atoms with van der Waals surface area (Å²) >= 11 is 0. The number of nitrogens with zero attached hydrogens (tertiary/aromatic N) is 5. The van der Waals surface area contributed by atoms with E-state index in [0.717, 1.165) is 45.1 Å². The number of aliphatic imine (C=N–C) groups is 2. The zero-order chi connectivity index (χ0) is 26.4. The number of rotatable bonds is 6. The molecule has 0 saturated heterocycles. The van der Waals surface area contributed by atoms with Crippen molar-refractivity contribution in [2.24, 2.45) is 22.8 Å². The molecular weight excluding hydrogens is 453 g/mol. The predicted molar refractivity (Wildman–Crippen MR) is 149 cm³/mol. The Kier molecular flexibility index (Phi) is 8.53. The van der Waals surface area contributed by atoms with E-state index >= 15 is 0 Å². The molecule has 2 heterocycles. The number of imidazole rings is 1. The number of halogens is 1. The number of pyridine rings is 1. The predicted octanol–water partition coefficient (Wildman–Crippen LogP) is 7.01. The third-order valence-corrected chi connectivity index (χ3v) is 5.50. The molecule has 8 heteroatoms. The second kappa shape index (κ2) is 11.6. The Labute approximate surface area is 212 Å². The molecule has 0 spiro atoms. The van der Waals surface area contributed by atoms with Gasteiger partial charge >= 0.3 is 0 Å². The summed E-state index contributed by atoms with van der Waals surface area (Å²) in [6.45, 7) is 11.9. The minimum absolute atomic E-state index is 0.235. The maximum atomic E-state index is 13.5. The van der Waals surface area contributed by atoms with Gasteiger partial charge in [0.2, 0.25) is 0 Å². The molecule has 2 aromatic heterocycles. The fraction of sp³-hybridized carbons (Fsp3) is 0.286. The highest BCUT2D eigenvalue weighted by atomic mass is 19.1. The van der Waals surface area contributed by atoms with Crippen molar-refractivity contribution in [3.63, 3.8) is 0 Å². The van der Waals surface area contributed by atoms with E-state index in [1.807, 2.05) is 50.6 Å². The molecule has 0 atom stereocenters. The molecule has 7 nitrogen and oxygen atoms in total. The van der Waals surface area contributed by atoms with Gasteiger partial charge < -0.3 is 15.6 Å². The molecule has 0 fully saturated rings. The zero-order valence-corrected chi connectivity index (χ0v) is 22.0. The van der Waals surface area contributed by atoms with Crippen LogP contribution < -0.4 is 11.1 Å². The summed E-state index contributed by atoms with van der Waals surface area (Å²) in [5.41, 5.74) is 11.7. The zero-order valence-electron chi connectivity index (χ0n) is 22.0. The van der Waals surface area contributed by atoms with E-state index in [0.29, 0.717) is 11.7 Å². The molecule has 0 aliphatic rings. The number of hydrogen-bond donors (Lipinski definition) is 2. The van der Waals surface area contributed by atoms with Gasteiger partial charge in [0.1, 0.15) is 23.5 Å². The summed E-state index contributed by atoms with van der Waals surface area (Å²) in [4.78, 5) is 18.1. The number of aromatic nitrogens is 3. The molecule has 36 heavy (non-hydrogen) atoms. The first-order valence-corrected chi connectivity index (χ1v) is 12.1. The van der Waals surface area contributed by atoms with Gasteiger partial charge in [-0.3, -0.25) is 0 Å². The van der Waals surface area contributed by atoms with Crippen LogP contribution in [0.2, 0.25) is 0 Å². The van der Waals surface area contributed by atoms with Crippen LogP contribution in [0.5, 0.6) is 0 Å². The Morgan fingerprint density at radius 2 is 1.78 bits per heavy atom. The van der Waals surface area contributed by atoms with Gasteiger partial charge in [-0.05, 0) is 73.9 Å². The first-order valence-electron chi connectivity index (χ1n) is 12.1. The average Bonchev–Trinajstić information content (AvgIpc) is 3.18. The monoisotopic (exact) mass is 487 g/mol. The molecule has 2 aromatic carbocycles. The molecule has 0 radical (unpaired) electrons. The van der Waals surface area contributed by atoms with Crippen molar-refractivity contribution in [3.8, 4) is 11.4 Å².